The molecule has 1 aliphatic carbocycles. The summed E-state index contributed by atoms with van der Waals surface area (Å²) in [5.74, 6) is -0.498. The number of carbonyl (C=O) groups is 1. The van der Waals surface area contributed by atoms with Crippen LogP contribution in [0.5, 0.6) is 0 Å². The Kier molecular flexibility index (Phi) is 4.97. The second-order valence-corrected chi connectivity index (χ2v) is 8.65. The predicted molar refractivity (Wildman–Crippen MR) is 115 cm³/mol. The van der Waals surface area contributed by atoms with Gasteiger partial charge in [-0.2, -0.15) is 5.10 Å². The SMILES string of the molecule is O=C(NC1CC1)c1nn(-c2cccc([S+]([O-])c3cccnc3)c2)c2ncccc2c1=O. The van der Waals surface area contributed by atoms with Crippen molar-refractivity contribution in [2.24, 2.45) is 0 Å². The highest BCUT2D eigenvalue weighted by Gasteiger charge is 2.27. The maximum atomic E-state index is 13.0. The Balaban J connectivity index is 1.64. The molecule has 1 N–H and O–H groups in total. The highest BCUT2D eigenvalue weighted by molar-refractivity contribution is 7.91. The van der Waals surface area contributed by atoms with E-state index in [1.165, 1.54) is 4.68 Å². The molecule has 1 unspecified atom stereocenters. The lowest BCUT2D eigenvalue weighted by molar-refractivity contribution is 0.0943. The van der Waals surface area contributed by atoms with E-state index in [2.05, 4.69) is 20.4 Å². The zero-order valence-electron chi connectivity index (χ0n) is 16.3. The number of aromatic nitrogens is 4. The number of nitrogens with zero attached hydrogens (tertiary/aromatic N) is 4. The average Bonchev–Trinajstić information content (AvgIpc) is 3.63. The lowest BCUT2D eigenvalue weighted by Crippen LogP contribution is -2.33. The molecule has 1 amide bonds. The number of nitrogens with one attached hydrogen (secondary N) is 1. The Morgan fingerprint density at radius 1 is 1.10 bits per heavy atom. The first-order chi connectivity index (χ1) is 15.1. The highest BCUT2D eigenvalue weighted by Crippen LogP contribution is 2.23. The predicted octanol–water partition coefficient (Wildman–Crippen LogP) is 2.23. The molecule has 31 heavy (non-hydrogen) atoms. The summed E-state index contributed by atoms with van der Waals surface area (Å²) < 4.78 is 14.4. The molecule has 4 aromatic rings. The van der Waals surface area contributed by atoms with Crippen molar-refractivity contribution < 1.29 is 9.35 Å². The summed E-state index contributed by atoms with van der Waals surface area (Å²) in [6.45, 7) is 0. The van der Waals surface area contributed by atoms with Crippen LogP contribution in [0.3, 0.4) is 0 Å². The van der Waals surface area contributed by atoms with Crippen LogP contribution in [0.4, 0.5) is 0 Å². The second kappa shape index (κ2) is 7.93. The average molecular weight is 431 g/mol. The van der Waals surface area contributed by atoms with Crippen molar-refractivity contribution in [2.75, 3.05) is 0 Å². The molecular formula is C22H17N5O3S. The molecule has 0 aliphatic heterocycles. The van der Waals surface area contributed by atoms with E-state index in [0.29, 0.717) is 21.1 Å². The van der Waals surface area contributed by atoms with Gasteiger partial charge in [0.1, 0.15) is 0 Å². The number of pyridine rings is 2. The minimum Gasteiger partial charge on any atom is -0.606 e. The quantitative estimate of drug-likeness (QED) is 0.485. The first-order valence-electron chi connectivity index (χ1n) is 9.73. The van der Waals surface area contributed by atoms with E-state index in [-0.39, 0.29) is 17.1 Å². The Morgan fingerprint density at radius 3 is 2.68 bits per heavy atom. The molecule has 1 fully saturated rings. The smallest absolute Gasteiger partial charge is 0.276 e. The lowest BCUT2D eigenvalue weighted by atomic mass is 10.2. The Hall–Kier alpha value is -3.56. The van der Waals surface area contributed by atoms with Crippen LogP contribution in [0, 0.1) is 0 Å². The lowest BCUT2D eigenvalue weighted by Gasteiger charge is -2.13. The summed E-state index contributed by atoms with van der Waals surface area (Å²) in [5, 5.41) is 7.45. The van der Waals surface area contributed by atoms with E-state index in [4.69, 9.17) is 0 Å². The number of hydrogen-bond acceptors (Lipinski definition) is 6. The highest BCUT2D eigenvalue weighted by atomic mass is 32.2. The topological polar surface area (TPSA) is 113 Å². The van der Waals surface area contributed by atoms with Gasteiger partial charge in [0.15, 0.2) is 21.1 Å². The van der Waals surface area contributed by atoms with Crippen molar-refractivity contribution >= 4 is 28.1 Å². The number of amides is 1. The molecular weight excluding hydrogens is 414 g/mol. The Bertz CT molecular complexity index is 1340. The number of rotatable bonds is 5. The zero-order valence-corrected chi connectivity index (χ0v) is 17.1. The van der Waals surface area contributed by atoms with Gasteiger partial charge in [-0.15, -0.1) is 0 Å². The third-order valence-corrected chi connectivity index (χ3v) is 6.25. The fourth-order valence-electron chi connectivity index (χ4n) is 3.20. The third-order valence-electron chi connectivity index (χ3n) is 4.90. The zero-order chi connectivity index (χ0) is 21.4. The van der Waals surface area contributed by atoms with Gasteiger partial charge in [0, 0.05) is 35.7 Å². The van der Waals surface area contributed by atoms with Crippen LogP contribution in [-0.2, 0) is 11.2 Å². The molecule has 8 nitrogen and oxygen atoms in total. The van der Waals surface area contributed by atoms with Crippen molar-refractivity contribution in [1.29, 1.82) is 0 Å². The molecule has 1 aromatic carbocycles. The molecule has 0 bridgehead atoms. The minimum atomic E-state index is -1.45. The molecule has 5 rings (SSSR count). The van der Waals surface area contributed by atoms with Crippen LogP contribution in [0.2, 0.25) is 0 Å². The summed E-state index contributed by atoms with van der Waals surface area (Å²) in [6.07, 6.45) is 6.53. The number of hydrogen-bond donors (Lipinski definition) is 1. The Labute approximate surface area is 180 Å². The van der Waals surface area contributed by atoms with Gasteiger partial charge in [-0.3, -0.25) is 14.6 Å². The van der Waals surface area contributed by atoms with E-state index in [9.17, 15) is 14.1 Å². The first kappa shape index (κ1) is 19.4. The van der Waals surface area contributed by atoms with Gasteiger partial charge in [0.05, 0.1) is 17.3 Å². The summed E-state index contributed by atoms with van der Waals surface area (Å²) in [4.78, 5) is 35.0. The monoisotopic (exact) mass is 431 g/mol. The van der Waals surface area contributed by atoms with Gasteiger partial charge >= 0.3 is 0 Å². The van der Waals surface area contributed by atoms with Crippen LogP contribution in [0.15, 0.2) is 81.7 Å². The molecule has 0 radical (unpaired) electrons. The van der Waals surface area contributed by atoms with Crippen molar-refractivity contribution in [3.63, 3.8) is 0 Å². The van der Waals surface area contributed by atoms with Crippen molar-refractivity contribution in [3.8, 4) is 5.69 Å². The van der Waals surface area contributed by atoms with E-state index >= 15 is 0 Å². The van der Waals surface area contributed by atoms with Crippen molar-refractivity contribution in [3.05, 3.63) is 83.0 Å². The Morgan fingerprint density at radius 2 is 1.90 bits per heavy atom. The molecule has 3 heterocycles. The van der Waals surface area contributed by atoms with Crippen molar-refractivity contribution in [2.45, 2.75) is 28.7 Å². The minimum absolute atomic E-state index is 0.0944. The molecule has 1 aliphatic rings. The molecule has 0 saturated heterocycles. The maximum absolute atomic E-state index is 13.0. The van der Waals surface area contributed by atoms with Crippen molar-refractivity contribution in [1.82, 2.24) is 25.1 Å². The van der Waals surface area contributed by atoms with Crippen LogP contribution in [0.1, 0.15) is 23.3 Å². The largest absolute Gasteiger partial charge is 0.606 e. The molecule has 1 saturated carbocycles. The van der Waals surface area contributed by atoms with Gasteiger partial charge in [0.2, 0.25) is 5.43 Å². The number of benzene rings is 1. The fraction of sp³-hybridized carbons (Fsp3) is 0.136. The maximum Gasteiger partial charge on any atom is 0.276 e. The van der Waals surface area contributed by atoms with Gasteiger partial charge in [-0.05, 0) is 49.2 Å². The van der Waals surface area contributed by atoms with E-state index in [1.807, 2.05) is 0 Å². The second-order valence-electron chi connectivity index (χ2n) is 7.17. The summed E-state index contributed by atoms with van der Waals surface area (Å²) in [6, 6.07) is 13.8. The first-order valence-corrected chi connectivity index (χ1v) is 10.9. The van der Waals surface area contributed by atoms with Crippen LogP contribution in [-0.4, -0.2) is 36.3 Å². The molecule has 0 spiro atoms. The third kappa shape index (κ3) is 3.80. The molecule has 9 heteroatoms. The molecule has 3 aromatic heterocycles. The van der Waals surface area contributed by atoms with Crippen LogP contribution < -0.4 is 10.7 Å². The van der Waals surface area contributed by atoms with Gasteiger partial charge < -0.3 is 9.87 Å². The van der Waals surface area contributed by atoms with E-state index in [1.54, 1.807) is 67.1 Å². The number of fused-ring (bicyclic) bond motifs is 1. The fourth-order valence-corrected chi connectivity index (χ4v) is 4.26. The van der Waals surface area contributed by atoms with Crippen LogP contribution in [0.25, 0.3) is 16.7 Å². The van der Waals surface area contributed by atoms with Gasteiger partial charge in [-0.25, -0.2) is 9.67 Å². The van der Waals surface area contributed by atoms with Crippen LogP contribution >= 0.6 is 0 Å². The molecule has 154 valence electrons. The standard InChI is InChI=1S/C22H17N5O3S/c28-20-18-7-3-11-24-21(18)27(26-19(20)22(29)25-14-8-9-14)15-4-1-5-16(12-15)31(30)17-6-2-10-23-13-17/h1-7,10-14H,8-9H2,(H,25,29). The van der Waals surface area contributed by atoms with Gasteiger partial charge in [-0.1, -0.05) is 6.07 Å². The van der Waals surface area contributed by atoms with E-state index in [0.717, 1.165) is 12.8 Å². The summed E-state index contributed by atoms with van der Waals surface area (Å²) in [5.41, 5.74) is 0.206. The summed E-state index contributed by atoms with van der Waals surface area (Å²) in [7, 11) is 0. The normalized spacial score (nSPS) is 14.4. The summed E-state index contributed by atoms with van der Waals surface area (Å²) >= 11 is -1.45. The molecule has 1 atom stereocenters. The number of carbonyl (C=O) groups excluding carboxylic acids is 1. The van der Waals surface area contributed by atoms with E-state index < -0.39 is 22.5 Å². The van der Waals surface area contributed by atoms with Gasteiger partial charge in [0.25, 0.3) is 5.91 Å².